The van der Waals surface area contributed by atoms with E-state index in [0.29, 0.717) is 9.79 Å². The molecular weight excluding hydrogens is 296 g/mol. The second-order valence-electron chi connectivity index (χ2n) is 2.94. The van der Waals surface area contributed by atoms with Crippen molar-refractivity contribution >= 4 is 39.7 Å². The second kappa shape index (κ2) is 4.43. The van der Waals surface area contributed by atoms with Gasteiger partial charge < -0.3 is 0 Å². The van der Waals surface area contributed by atoms with E-state index in [4.69, 9.17) is 23.8 Å². The van der Waals surface area contributed by atoms with Gasteiger partial charge in [0.25, 0.3) is 0 Å². The lowest BCUT2D eigenvalue weighted by molar-refractivity contribution is 1.02. The molecule has 2 aromatic rings. The minimum atomic E-state index is 0.404. The van der Waals surface area contributed by atoms with Crippen LogP contribution in [0.15, 0.2) is 34.8 Å². The fourth-order valence-electron chi connectivity index (χ4n) is 1.23. The van der Waals surface area contributed by atoms with Crippen LogP contribution < -0.4 is 0 Å². The molecule has 0 spiro atoms. The predicted molar refractivity (Wildman–Crippen MR) is 67.6 cm³/mol. The first-order chi connectivity index (χ1) is 7.16. The largest absolute Gasteiger partial charge is 0.266 e. The van der Waals surface area contributed by atoms with Crippen LogP contribution in [-0.4, -0.2) is 10.2 Å². The lowest BCUT2D eigenvalue weighted by Gasteiger charge is -2.01. The van der Waals surface area contributed by atoms with Crippen molar-refractivity contribution < 1.29 is 0 Å². The first-order valence-corrected chi connectivity index (χ1v) is 5.76. The highest BCUT2D eigenvalue weighted by Gasteiger charge is 2.01. The lowest BCUT2D eigenvalue weighted by atomic mass is 10.1. The van der Waals surface area contributed by atoms with Crippen molar-refractivity contribution in [1.29, 1.82) is 0 Å². The van der Waals surface area contributed by atoms with Crippen molar-refractivity contribution in [3.8, 4) is 11.1 Å². The lowest BCUT2D eigenvalue weighted by Crippen LogP contribution is -1.87. The summed E-state index contributed by atoms with van der Waals surface area (Å²) in [5.74, 6) is 0. The van der Waals surface area contributed by atoms with E-state index in [1.54, 1.807) is 6.07 Å². The van der Waals surface area contributed by atoms with Crippen LogP contribution in [0, 0.1) is 4.64 Å². The molecule has 0 atom stereocenters. The van der Waals surface area contributed by atoms with E-state index < -0.39 is 0 Å². The van der Waals surface area contributed by atoms with Crippen molar-refractivity contribution in [3.63, 3.8) is 0 Å². The van der Waals surface area contributed by atoms with Crippen LogP contribution >= 0.6 is 39.7 Å². The quantitative estimate of drug-likeness (QED) is 0.799. The van der Waals surface area contributed by atoms with Crippen LogP contribution in [0.1, 0.15) is 0 Å². The van der Waals surface area contributed by atoms with Gasteiger partial charge in [0.2, 0.25) is 0 Å². The second-order valence-corrected chi connectivity index (χ2v) is 4.65. The van der Waals surface area contributed by atoms with E-state index in [9.17, 15) is 0 Å². The van der Waals surface area contributed by atoms with Crippen molar-refractivity contribution in [2.24, 2.45) is 0 Å². The molecule has 1 aromatic carbocycles. The predicted octanol–water partition coefficient (Wildman–Crippen LogP) is 4.22. The molecule has 2 rings (SSSR count). The van der Waals surface area contributed by atoms with E-state index >= 15 is 0 Å². The summed E-state index contributed by atoms with van der Waals surface area (Å²) in [5, 5.41) is 6.92. The molecule has 0 amide bonds. The standard InChI is InChI=1S/C10H6BrClN2S/c11-7-3-1-6(2-4-7)8-5-9(12)13-14-10(8)15/h1-5H,(H,14,15). The van der Waals surface area contributed by atoms with Gasteiger partial charge in [-0.25, -0.2) is 0 Å². The summed E-state index contributed by atoms with van der Waals surface area (Å²) < 4.78 is 1.61. The zero-order chi connectivity index (χ0) is 10.8. The van der Waals surface area contributed by atoms with Gasteiger partial charge in [0.15, 0.2) is 0 Å². The van der Waals surface area contributed by atoms with Gasteiger partial charge in [0.05, 0.1) is 0 Å². The number of hydrogen-bond acceptors (Lipinski definition) is 2. The summed E-state index contributed by atoms with van der Waals surface area (Å²) in [5.41, 5.74) is 1.90. The van der Waals surface area contributed by atoms with E-state index in [0.717, 1.165) is 15.6 Å². The van der Waals surface area contributed by atoms with Gasteiger partial charge >= 0.3 is 0 Å². The summed E-state index contributed by atoms with van der Waals surface area (Å²) >= 11 is 14.3. The zero-order valence-corrected chi connectivity index (χ0v) is 10.7. The Hall–Kier alpha value is -0.710. The third-order valence-corrected chi connectivity index (χ3v) is 2.96. The van der Waals surface area contributed by atoms with E-state index in [1.165, 1.54) is 0 Å². The van der Waals surface area contributed by atoms with Crippen molar-refractivity contribution in [2.45, 2.75) is 0 Å². The van der Waals surface area contributed by atoms with Gasteiger partial charge in [-0.2, -0.15) is 5.10 Å². The SMILES string of the molecule is S=c1[nH]nc(Cl)cc1-c1ccc(Br)cc1. The fourth-order valence-corrected chi connectivity index (χ4v) is 1.86. The van der Waals surface area contributed by atoms with Crippen molar-refractivity contribution in [1.82, 2.24) is 10.2 Å². The molecule has 0 fully saturated rings. The molecule has 0 radical (unpaired) electrons. The Morgan fingerprint density at radius 2 is 1.93 bits per heavy atom. The minimum Gasteiger partial charge on any atom is -0.266 e. The van der Waals surface area contributed by atoms with Crippen LogP contribution in [0.5, 0.6) is 0 Å². The zero-order valence-electron chi connectivity index (χ0n) is 7.50. The first kappa shape index (κ1) is 10.8. The molecule has 0 aliphatic rings. The summed E-state index contributed by atoms with van der Waals surface area (Å²) in [7, 11) is 0. The van der Waals surface area contributed by atoms with E-state index in [-0.39, 0.29) is 0 Å². The highest BCUT2D eigenvalue weighted by Crippen LogP contribution is 2.23. The number of nitrogens with one attached hydrogen (secondary N) is 1. The highest BCUT2D eigenvalue weighted by atomic mass is 79.9. The molecule has 1 N–H and O–H groups in total. The van der Waals surface area contributed by atoms with Gasteiger partial charge in [-0.15, -0.1) is 0 Å². The number of nitrogens with zero attached hydrogens (tertiary/aromatic N) is 1. The number of halogens is 2. The van der Waals surface area contributed by atoms with Crippen LogP contribution in [0.2, 0.25) is 5.15 Å². The Morgan fingerprint density at radius 3 is 2.60 bits per heavy atom. The Bertz CT molecular complexity index is 536. The van der Waals surface area contributed by atoms with Crippen LogP contribution in [-0.2, 0) is 0 Å². The molecule has 0 unspecified atom stereocenters. The summed E-state index contributed by atoms with van der Waals surface area (Å²) in [6, 6.07) is 9.61. The van der Waals surface area contributed by atoms with Gasteiger partial charge in [-0.1, -0.05) is 51.9 Å². The molecule has 5 heteroatoms. The average molecular weight is 302 g/mol. The highest BCUT2D eigenvalue weighted by molar-refractivity contribution is 9.10. The molecule has 0 saturated heterocycles. The maximum Gasteiger partial charge on any atom is 0.150 e. The van der Waals surface area contributed by atoms with Gasteiger partial charge in [-0.3, -0.25) is 5.10 Å². The molecule has 1 heterocycles. The summed E-state index contributed by atoms with van der Waals surface area (Å²) in [6.45, 7) is 0. The number of benzene rings is 1. The topological polar surface area (TPSA) is 28.7 Å². The first-order valence-electron chi connectivity index (χ1n) is 4.18. The van der Waals surface area contributed by atoms with Gasteiger partial charge in [0.1, 0.15) is 9.79 Å². The van der Waals surface area contributed by atoms with E-state index in [1.807, 2.05) is 24.3 Å². The smallest absolute Gasteiger partial charge is 0.150 e. The third kappa shape index (κ3) is 2.45. The van der Waals surface area contributed by atoms with Crippen molar-refractivity contribution in [2.75, 3.05) is 0 Å². The molecule has 2 nitrogen and oxygen atoms in total. The Kier molecular flexibility index (Phi) is 3.19. The monoisotopic (exact) mass is 300 g/mol. The number of rotatable bonds is 1. The van der Waals surface area contributed by atoms with Gasteiger partial charge in [-0.05, 0) is 23.8 Å². The van der Waals surface area contributed by atoms with Crippen LogP contribution in [0.3, 0.4) is 0 Å². The third-order valence-electron chi connectivity index (χ3n) is 1.93. The molecule has 0 saturated carbocycles. The molecule has 76 valence electrons. The van der Waals surface area contributed by atoms with Gasteiger partial charge in [0, 0.05) is 10.0 Å². The van der Waals surface area contributed by atoms with Crippen molar-refractivity contribution in [3.05, 3.63) is 44.6 Å². The van der Waals surface area contributed by atoms with Crippen LogP contribution in [0.4, 0.5) is 0 Å². The maximum absolute atomic E-state index is 5.80. The average Bonchev–Trinajstić information content (AvgIpc) is 2.23. The fraction of sp³-hybridized carbons (Fsp3) is 0. The summed E-state index contributed by atoms with van der Waals surface area (Å²) in [6.07, 6.45) is 0. The molecule has 1 aromatic heterocycles. The number of hydrogen-bond donors (Lipinski definition) is 1. The number of aromatic amines is 1. The normalized spacial score (nSPS) is 10.3. The van der Waals surface area contributed by atoms with E-state index in [2.05, 4.69) is 26.1 Å². The molecular formula is C10H6BrClN2S. The molecule has 15 heavy (non-hydrogen) atoms. The molecule has 0 aliphatic heterocycles. The Balaban J connectivity index is 2.58. The Morgan fingerprint density at radius 1 is 1.27 bits per heavy atom. The number of H-pyrrole nitrogens is 1. The minimum absolute atomic E-state index is 0.404. The summed E-state index contributed by atoms with van der Waals surface area (Å²) in [4.78, 5) is 0. The maximum atomic E-state index is 5.80. The van der Waals surface area contributed by atoms with Crippen LogP contribution in [0.25, 0.3) is 11.1 Å². The molecule has 0 aliphatic carbocycles. The number of aromatic nitrogens is 2. The molecule has 0 bridgehead atoms. The Labute approximate surface area is 105 Å².